The summed E-state index contributed by atoms with van der Waals surface area (Å²) in [6.07, 6.45) is -4.67. The first-order valence-electron chi connectivity index (χ1n) is 8.49. The van der Waals surface area contributed by atoms with E-state index in [0.717, 1.165) is 18.2 Å². The highest BCUT2D eigenvalue weighted by Crippen LogP contribution is 2.31. The van der Waals surface area contributed by atoms with Crippen LogP contribution in [-0.2, 0) is 6.18 Å². The summed E-state index contributed by atoms with van der Waals surface area (Å²) in [5.41, 5.74) is -1.43. The second kappa shape index (κ2) is 7.86. The third-order valence-electron chi connectivity index (χ3n) is 4.16. The molecule has 0 radical (unpaired) electrons. The third-order valence-corrected chi connectivity index (χ3v) is 4.16. The Labute approximate surface area is 162 Å². The van der Waals surface area contributed by atoms with E-state index in [1.54, 1.807) is 30.3 Å². The van der Waals surface area contributed by atoms with Gasteiger partial charge < -0.3 is 10.3 Å². The van der Waals surface area contributed by atoms with E-state index >= 15 is 0 Å². The number of rotatable bonds is 4. The van der Waals surface area contributed by atoms with Crippen LogP contribution in [0.1, 0.15) is 34.6 Å². The van der Waals surface area contributed by atoms with Crippen molar-refractivity contribution in [3.8, 4) is 11.4 Å². The van der Waals surface area contributed by atoms with Crippen molar-refractivity contribution in [1.82, 2.24) is 15.3 Å². The minimum atomic E-state index is -4.67. The number of H-pyrrole nitrogens is 1. The average molecular weight is 405 g/mol. The lowest BCUT2D eigenvalue weighted by Crippen LogP contribution is -2.29. The zero-order valence-corrected chi connectivity index (χ0v) is 15.0. The number of halogens is 4. The van der Waals surface area contributed by atoms with Gasteiger partial charge in [0.15, 0.2) is 0 Å². The van der Waals surface area contributed by atoms with Crippen molar-refractivity contribution in [1.29, 1.82) is 0 Å². The van der Waals surface area contributed by atoms with E-state index < -0.39 is 35.1 Å². The molecule has 0 unspecified atom stereocenters. The normalized spacial score (nSPS) is 12.4. The van der Waals surface area contributed by atoms with Crippen LogP contribution in [0.2, 0.25) is 0 Å². The van der Waals surface area contributed by atoms with Gasteiger partial charge in [-0.3, -0.25) is 9.59 Å². The third kappa shape index (κ3) is 4.68. The molecule has 150 valence electrons. The van der Waals surface area contributed by atoms with Crippen LogP contribution in [0, 0.1) is 5.82 Å². The predicted molar refractivity (Wildman–Crippen MR) is 97.6 cm³/mol. The molecule has 2 aromatic carbocycles. The van der Waals surface area contributed by atoms with Crippen molar-refractivity contribution in [2.45, 2.75) is 19.1 Å². The maximum absolute atomic E-state index is 14.1. The van der Waals surface area contributed by atoms with Gasteiger partial charge in [-0.05, 0) is 19.1 Å². The highest BCUT2D eigenvalue weighted by Gasteiger charge is 2.31. The number of aromatic amines is 1. The van der Waals surface area contributed by atoms with Crippen molar-refractivity contribution in [2.24, 2.45) is 0 Å². The van der Waals surface area contributed by atoms with Gasteiger partial charge in [0.25, 0.3) is 11.5 Å². The van der Waals surface area contributed by atoms with Crippen molar-refractivity contribution in [2.75, 3.05) is 0 Å². The van der Waals surface area contributed by atoms with Crippen LogP contribution >= 0.6 is 0 Å². The van der Waals surface area contributed by atoms with Gasteiger partial charge in [-0.15, -0.1) is 0 Å². The molecule has 0 aliphatic rings. The minimum Gasteiger partial charge on any atom is -0.344 e. The summed E-state index contributed by atoms with van der Waals surface area (Å²) < 4.78 is 52.1. The van der Waals surface area contributed by atoms with Gasteiger partial charge in [-0.2, -0.15) is 13.2 Å². The number of nitrogens with one attached hydrogen (secondary N) is 2. The summed E-state index contributed by atoms with van der Waals surface area (Å²) in [5.74, 6) is -1.69. The Kier molecular flexibility index (Phi) is 5.49. The number of hydrogen-bond donors (Lipinski definition) is 2. The molecule has 0 spiro atoms. The largest absolute Gasteiger partial charge is 0.416 e. The second-order valence-electron chi connectivity index (χ2n) is 6.27. The van der Waals surface area contributed by atoms with Gasteiger partial charge in [-0.1, -0.05) is 36.4 Å². The topological polar surface area (TPSA) is 74.8 Å². The number of amides is 1. The molecule has 1 amide bonds. The Bertz CT molecular complexity index is 1090. The zero-order chi connectivity index (χ0) is 21.2. The molecule has 0 bridgehead atoms. The zero-order valence-electron chi connectivity index (χ0n) is 15.0. The molecule has 3 rings (SSSR count). The molecule has 3 aromatic rings. The predicted octanol–water partition coefficient (Wildman–Crippen LogP) is 4.09. The maximum Gasteiger partial charge on any atom is 0.416 e. The highest BCUT2D eigenvalue weighted by atomic mass is 19.4. The Morgan fingerprint density at radius 2 is 1.79 bits per heavy atom. The average Bonchev–Trinajstić information content (AvgIpc) is 2.67. The molecule has 9 heteroatoms. The fourth-order valence-corrected chi connectivity index (χ4v) is 2.71. The van der Waals surface area contributed by atoms with Gasteiger partial charge >= 0.3 is 6.18 Å². The van der Waals surface area contributed by atoms with E-state index in [1.807, 2.05) is 0 Å². The quantitative estimate of drug-likeness (QED) is 0.642. The lowest BCUT2D eigenvalue weighted by molar-refractivity contribution is -0.137. The number of carbonyl (C=O) groups excluding carboxylic acids is 1. The van der Waals surface area contributed by atoms with Crippen LogP contribution in [-0.4, -0.2) is 15.9 Å². The maximum atomic E-state index is 14.1. The minimum absolute atomic E-state index is 0.125. The first-order chi connectivity index (χ1) is 13.6. The monoisotopic (exact) mass is 405 g/mol. The van der Waals surface area contributed by atoms with E-state index in [-0.39, 0.29) is 17.1 Å². The van der Waals surface area contributed by atoms with E-state index in [2.05, 4.69) is 15.3 Å². The summed E-state index contributed by atoms with van der Waals surface area (Å²) in [7, 11) is 0. The highest BCUT2D eigenvalue weighted by molar-refractivity contribution is 5.92. The fraction of sp³-hybridized carbons (Fsp3) is 0.150. The molecular weight excluding hydrogens is 390 g/mol. The Morgan fingerprint density at radius 3 is 2.41 bits per heavy atom. The molecule has 0 aliphatic carbocycles. The van der Waals surface area contributed by atoms with Crippen LogP contribution in [0.15, 0.2) is 59.4 Å². The Balaban J connectivity index is 1.84. The summed E-state index contributed by atoms with van der Waals surface area (Å²) in [6.45, 7) is 1.41. The lowest BCUT2D eigenvalue weighted by atomic mass is 10.0. The number of alkyl halides is 3. The van der Waals surface area contributed by atoms with E-state index in [1.165, 1.54) is 6.92 Å². The number of carbonyl (C=O) groups is 1. The SMILES string of the molecule is C[C@@H](NC(=O)c1cc(=O)[nH]c(-c2ccccc2)n1)c1ccc(C(F)(F)F)cc1F. The molecule has 0 saturated carbocycles. The number of aromatic nitrogens is 2. The molecule has 1 heterocycles. The van der Waals surface area contributed by atoms with Crippen molar-refractivity contribution in [3.63, 3.8) is 0 Å². The van der Waals surface area contributed by atoms with Crippen molar-refractivity contribution < 1.29 is 22.4 Å². The van der Waals surface area contributed by atoms with Crippen LogP contribution in [0.5, 0.6) is 0 Å². The number of hydrogen-bond acceptors (Lipinski definition) is 3. The van der Waals surface area contributed by atoms with E-state index in [4.69, 9.17) is 0 Å². The van der Waals surface area contributed by atoms with Gasteiger partial charge in [0.2, 0.25) is 0 Å². The molecule has 5 nitrogen and oxygen atoms in total. The molecule has 1 atom stereocenters. The molecule has 0 aliphatic heterocycles. The van der Waals surface area contributed by atoms with E-state index in [0.29, 0.717) is 11.6 Å². The first kappa shape index (κ1) is 20.2. The van der Waals surface area contributed by atoms with E-state index in [9.17, 15) is 27.2 Å². The standard InChI is InChI=1S/C20H15F4N3O2/c1-11(14-8-7-13(9-15(14)21)20(22,23)24)25-19(29)16-10-17(28)27-18(26-16)12-5-3-2-4-6-12/h2-11H,1H3,(H,25,29)(H,26,27,28)/t11-/m1/s1. The summed E-state index contributed by atoms with van der Waals surface area (Å²) in [5, 5.41) is 2.44. The van der Waals surface area contributed by atoms with Gasteiger partial charge in [0, 0.05) is 17.2 Å². The van der Waals surface area contributed by atoms with Gasteiger partial charge in [0.1, 0.15) is 17.3 Å². The fourth-order valence-electron chi connectivity index (χ4n) is 2.71. The number of benzene rings is 2. The van der Waals surface area contributed by atoms with Gasteiger partial charge in [0.05, 0.1) is 11.6 Å². The van der Waals surface area contributed by atoms with Crippen LogP contribution < -0.4 is 10.9 Å². The summed E-state index contributed by atoms with van der Waals surface area (Å²) in [4.78, 5) is 31.0. The van der Waals surface area contributed by atoms with Crippen LogP contribution in [0.4, 0.5) is 17.6 Å². The lowest BCUT2D eigenvalue weighted by Gasteiger charge is -2.16. The molecule has 29 heavy (non-hydrogen) atoms. The van der Waals surface area contributed by atoms with Crippen LogP contribution in [0.3, 0.4) is 0 Å². The van der Waals surface area contributed by atoms with Gasteiger partial charge in [-0.25, -0.2) is 9.37 Å². The Hall–Kier alpha value is -3.49. The molecule has 2 N–H and O–H groups in total. The molecule has 0 fully saturated rings. The second-order valence-corrected chi connectivity index (χ2v) is 6.27. The molecular formula is C20H15F4N3O2. The summed E-state index contributed by atoms with van der Waals surface area (Å²) in [6, 6.07) is 10.7. The molecule has 0 saturated heterocycles. The Morgan fingerprint density at radius 1 is 1.10 bits per heavy atom. The van der Waals surface area contributed by atoms with Crippen molar-refractivity contribution in [3.05, 3.63) is 87.6 Å². The smallest absolute Gasteiger partial charge is 0.344 e. The van der Waals surface area contributed by atoms with Crippen LogP contribution in [0.25, 0.3) is 11.4 Å². The number of nitrogens with zero attached hydrogens (tertiary/aromatic N) is 1. The van der Waals surface area contributed by atoms with Crippen molar-refractivity contribution >= 4 is 5.91 Å². The molecule has 1 aromatic heterocycles. The first-order valence-corrected chi connectivity index (χ1v) is 8.49. The summed E-state index contributed by atoms with van der Waals surface area (Å²) >= 11 is 0.